The minimum Gasteiger partial charge on any atom is -0.245 e. The maximum atomic E-state index is 12.0. The Labute approximate surface area is 47.6 Å². The van der Waals surface area contributed by atoms with Gasteiger partial charge in [0.25, 0.3) is 0 Å². The van der Waals surface area contributed by atoms with Crippen molar-refractivity contribution >= 4 is 9.84 Å². The molecule has 4 heteroatoms. The molecule has 1 fully saturated rings. The van der Waals surface area contributed by atoms with E-state index in [1.165, 1.54) is 6.92 Å². The Kier molecular flexibility index (Phi) is 1.08. The van der Waals surface area contributed by atoms with E-state index in [0.717, 1.165) is 0 Å². The number of halogens is 1. The molecule has 1 aliphatic rings. The maximum absolute atomic E-state index is 12.0. The van der Waals surface area contributed by atoms with Crippen molar-refractivity contribution in [3.8, 4) is 0 Å². The van der Waals surface area contributed by atoms with Gasteiger partial charge in [-0.15, -0.1) is 0 Å². The summed E-state index contributed by atoms with van der Waals surface area (Å²) in [6, 6.07) is 0. The molecule has 0 aliphatic carbocycles. The lowest BCUT2D eigenvalue weighted by Gasteiger charge is -2.26. The molecule has 2 nitrogen and oxygen atoms in total. The van der Waals surface area contributed by atoms with Crippen LogP contribution >= 0.6 is 0 Å². The molecule has 2 atom stereocenters. The molecule has 0 aromatic rings. The fourth-order valence-corrected chi connectivity index (χ4v) is 1.84. The Bertz CT molecular complexity index is 184. The molecular formula is C4H7FO2S. The molecule has 48 valence electrons. The first-order chi connectivity index (χ1) is 3.54. The number of alkyl halides is 1. The van der Waals surface area contributed by atoms with Gasteiger partial charge < -0.3 is 0 Å². The molecule has 0 radical (unpaired) electrons. The maximum Gasteiger partial charge on any atom is 0.158 e. The van der Waals surface area contributed by atoms with E-state index >= 15 is 0 Å². The Morgan fingerprint density at radius 2 is 2.12 bits per heavy atom. The average molecular weight is 138 g/mol. The summed E-state index contributed by atoms with van der Waals surface area (Å²) in [5, 5.41) is -0.748. The lowest BCUT2D eigenvalue weighted by molar-refractivity contribution is 0.322. The summed E-state index contributed by atoms with van der Waals surface area (Å²) in [7, 11) is -2.98. The molecule has 0 aromatic carbocycles. The molecule has 1 rings (SSSR count). The number of rotatable bonds is 0. The van der Waals surface area contributed by atoms with Crippen LogP contribution in [0, 0.1) is 0 Å². The summed E-state index contributed by atoms with van der Waals surface area (Å²) in [4.78, 5) is 0. The quantitative estimate of drug-likeness (QED) is 0.477. The SMILES string of the molecule is CC1C(F)CS1(=O)=O. The van der Waals surface area contributed by atoms with E-state index in [1.807, 2.05) is 0 Å². The zero-order valence-electron chi connectivity index (χ0n) is 4.46. The zero-order valence-corrected chi connectivity index (χ0v) is 5.28. The Morgan fingerprint density at radius 1 is 1.62 bits per heavy atom. The summed E-state index contributed by atoms with van der Waals surface area (Å²) < 4.78 is 32.8. The van der Waals surface area contributed by atoms with E-state index in [0.29, 0.717) is 0 Å². The third-order valence-electron chi connectivity index (χ3n) is 1.47. The molecule has 0 N–H and O–H groups in total. The molecule has 0 amide bonds. The fraction of sp³-hybridized carbons (Fsp3) is 1.00. The van der Waals surface area contributed by atoms with Crippen LogP contribution in [0.3, 0.4) is 0 Å². The van der Waals surface area contributed by atoms with Gasteiger partial charge in [-0.2, -0.15) is 0 Å². The van der Waals surface area contributed by atoms with Crippen molar-refractivity contribution in [3.05, 3.63) is 0 Å². The van der Waals surface area contributed by atoms with Crippen LogP contribution in [0.2, 0.25) is 0 Å². The van der Waals surface area contributed by atoms with Gasteiger partial charge in [-0.05, 0) is 6.92 Å². The van der Waals surface area contributed by atoms with E-state index < -0.39 is 21.3 Å². The van der Waals surface area contributed by atoms with Crippen LogP contribution in [0.25, 0.3) is 0 Å². The largest absolute Gasteiger partial charge is 0.245 e. The minimum atomic E-state index is -2.98. The molecule has 0 saturated carbocycles. The van der Waals surface area contributed by atoms with Gasteiger partial charge in [-0.3, -0.25) is 0 Å². The van der Waals surface area contributed by atoms with Gasteiger partial charge in [-0.25, -0.2) is 12.8 Å². The van der Waals surface area contributed by atoms with Crippen molar-refractivity contribution in [3.63, 3.8) is 0 Å². The monoisotopic (exact) mass is 138 g/mol. The van der Waals surface area contributed by atoms with E-state index in [2.05, 4.69) is 0 Å². The van der Waals surface area contributed by atoms with Gasteiger partial charge in [0.15, 0.2) is 9.84 Å². The highest BCUT2D eigenvalue weighted by atomic mass is 32.2. The van der Waals surface area contributed by atoms with Crippen LogP contribution < -0.4 is 0 Å². The van der Waals surface area contributed by atoms with E-state index in [-0.39, 0.29) is 5.75 Å². The Hall–Kier alpha value is -0.120. The van der Waals surface area contributed by atoms with Gasteiger partial charge in [0.05, 0.1) is 11.0 Å². The lowest BCUT2D eigenvalue weighted by atomic mass is 10.3. The van der Waals surface area contributed by atoms with Crippen molar-refractivity contribution in [2.24, 2.45) is 0 Å². The second kappa shape index (κ2) is 1.43. The van der Waals surface area contributed by atoms with Crippen LogP contribution in [0.15, 0.2) is 0 Å². The van der Waals surface area contributed by atoms with Gasteiger partial charge >= 0.3 is 0 Å². The van der Waals surface area contributed by atoms with Crippen LogP contribution in [0.1, 0.15) is 6.92 Å². The minimum absolute atomic E-state index is 0.270. The molecule has 1 aliphatic heterocycles. The highest BCUT2D eigenvalue weighted by molar-refractivity contribution is 7.93. The van der Waals surface area contributed by atoms with Gasteiger partial charge in [0.1, 0.15) is 6.17 Å². The third-order valence-corrected chi connectivity index (χ3v) is 3.68. The number of sulfone groups is 1. The number of hydrogen-bond donors (Lipinski definition) is 0. The Balaban J connectivity index is 2.75. The fourth-order valence-electron chi connectivity index (χ4n) is 0.612. The summed E-state index contributed by atoms with van der Waals surface area (Å²) >= 11 is 0. The highest BCUT2D eigenvalue weighted by Crippen LogP contribution is 2.23. The molecule has 0 aromatic heterocycles. The molecule has 0 spiro atoms. The van der Waals surface area contributed by atoms with Crippen LogP contribution in [-0.2, 0) is 9.84 Å². The van der Waals surface area contributed by atoms with Gasteiger partial charge in [0, 0.05) is 0 Å². The normalized spacial score (nSPS) is 43.2. The lowest BCUT2D eigenvalue weighted by Crippen LogP contribution is -2.46. The van der Waals surface area contributed by atoms with E-state index in [9.17, 15) is 12.8 Å². The topological polar surface area (TPSA) is 34.1 Å². The van der Waals surface area contributed by atoms with Crippen molar-refractivity contribution in [1.29, 1.82) is 0 Å². The second-order valence-corrected chi connectivity index (χ2v) is 4.45. The second-order valence-electron chi connectivity index (χ2n) is 2.05. The summed E-state index contributed by atoms with van der Waals surface area (Å²) in [5.41, 5.74) is 0. The van der Waals surface area contributed by atoms with E-state index in [4.69, 9.17) is 0 Å². The van der Waals surface area contributed by atoms with Crippen LogP contribution in [-0.4, -0.2) is 25.6 Å². The molecule has 1 heterocycles. The predicted octanol–water partition coefficient (Wildman–Crippen LogP) is 0.141. The van der Waals surface area contributed by atoms with Gasteiger partial charge in [-0.1, -0.05) is 0 Å². The summed E-state index contributed by atoms with van der Waals surface area (Å²) in [6.45, 7) is 1.39. The van der Waals surface area contributed by atoms with Crippen LogP contribution in [0.5, 0.6) is 0 Å². The van der Waals surface area contributed by atoms with Crippen molar-refractivity contribution in [2.75, 3.05) is 5.75 Å². The zero-order chi connectivity index (χ0) is 6.36. The first-order valence-electron chi connectivity index (χ1n) is 2.39. The Morgan fingerprint density at radius 3 is 2.12 bits per heavy atom. The molecule has 0 bridgehead atoms. The molecular weight excluding hydrogens is 131 g/mol. The number of hydrogen-bond acceptors (Lipinski definition) is 2. The van der Waals surface area contributed by atoms with Gasteiger partial charge in [0.2, 0.25) is 0 Å². The van der Waals surface area contributed by atoms with Crippen molar-refractivity contribution in [1.82, 2.24) is 0 Å². The standard InChI is InChI=1S/C4H7FO2S/c1-3-4(5)2-8(3,6)7/h3-4H,2H2,1H3. The molecule has 2 unspecified atom stereocenters. The predicted molar refractivity (Wildman–Crippen MR) is 28.1 cm³/mol. The first kappa shape index (κ1) is 6.01. The summed E-state index contributed by atoms with van der Waals surface area (Å²) in [6.07, 6.45) is -1.11. The highest BCUT2D eigenvalue weighted by Gasteiger charge is 2.42. The van der Waals surface area contributed by atoms with Crippen LogP contribution in [0.4, 0.5) is 4.39 Å². The molecule has 1 saturated heterocycles. The average Bonchev–Trinajstić information content (AvgIpc) is 1.65. The molecule has 8 heavy (non-hydrogen) atoms. The van der Waals surface area contributed by atoms with Crippen molar-refractivity contribution < 1.29 is 12.8 Å². The van der Waals surface area contributed by atoms with Crippen molar-refractivity contribution in [2.45, 2.75) is 18.3 Å². The van der Waals surface area contributed by atoms with E-state index in [1.54, 1.807) is 0 Å². The first-order valence-corrected chi connectivity index (χ1v) is 4.11. The third kappa shape index (κ3) is 0.632. The summed E-state index contributed by atoms with van der Waals surface area (Å²) in [5.74, 6) is -0.270. The smallest absolute Gasteiger partial charge is 0.158 e.